The van der Waals surface area contributed by atoms with Crippen molar-refractivity contribution in [3.63, 3.8) is 0 Å². The van der Waals surface area contributed by atoms with E-state index in [2.05, 4.69) is 9.69 Å². The Morgan fingerprint density at radius 3 is 3.18 bits per heavy atom. The van der Waals surface area contributed by atoms with Crippen LogP contribution in [-0.4, -0.2) is 23.6 Å². The first-order valence-electron chi connectivity index (χ1n) is 3.67. The van der Waals surface area contributed by atoms with Crippen molar-refractivity contribution in [1.82, 2.24) is 9.69 Å². The molecule has 1 aromatic rings. The van der Waals surface area contributed by atoms with Crippen LogP contribution in [0, 0.1) is 0 Å². The second-order valence-corrected chi connectivity index (χ2v) is 3.49. The van der Waals surface area contributed by atoms with E-state index >= 15 is 0 Å². The van der Waals surface area contributed by atoms with Crippen LogP contribution in [-0.2, 0) is 11.3 Å². The Labute approximate surface area is 69.5 Å². The van der Waals surface area contributed by atoms with Crippen molar-refractivity contribution in [2.45, 2.75) is 12.7 Å². The molecule has 0 saturated carbocycles. The molecule has 1 saturated heterocycles. The summed E-state index contributed by atoms with van der Waals surface area (Å²) < 4.78 is 9.52. The maximum Gasteiger partial charge on any atom is 0.0830 e. The molecule has 60 valence electrons. The third kappa shape index (κ3) is 1.77. The maximum atomic E-state index is 5.53. The van der Waals surface area contributed by atoms with Gasteiger partial charge in [-0.3, -0.25) is 0 Å². The van der Waals surface area contributed by atoms with Crippen LogP contribution < -0.4 is 5.32 Å². The molecule has 3 nitrogen and oxygen atoms in total. The molecule has 0 amide bonds. The number of aromatic nitrogens is 1. The molecule has 0 aliphatic carbocycles. The van der Waals surface area contributed by atoms with Crippen LogP contribution in [0.4, 0.5) is 0 Å². The van der Waals surface area contributed by atoms with Crippen molar-refractivity contribution >= 4 is 11.5 Å². The smallest absolute Gasteiger partial charge is 0.0830 e. The number of ether oxygens (including phenoxy) is 1. The number of nitrogens with one attached hydrogen (secondary N) is 1. The quantitative estimate of drug-likeness (QED) is 0.722. The van der Waals surface area contributed by atoms with Crippen molar-refractivity contribution in [1.29, 1.82) is 0 Å². The van der Waals surface area contributed by atoms with Gasteiger partial charge in [0.1, 0.15) is 0 Å². The van der Waals surface area contributed by atoms with Gasteiger partial charge >= 0.3 is 0 Å². The number of rotatable bonds is 3. The van der Waals surface area contributed by atoms with Gasteiger partial charge in [-0.25, -0.2) is 4.37 Å². The van der Waals surface area contributed by atoms with E-state index in [0.29, 0.717) is 6.10 Å². The Balaban J connectivity index is 1.74. The molecule has 2 heterocycles. The third-order valence-electron chi connectivity index (χ3n) is 1.70. The van der Waals surface area contributed by atoms with E-state index in [0.717, 1.165) is 19.7 Å². The molecule has 1 aromatic heterocycles. The monoisotopic (exact) mass is 170 g/mol. The Morgan fingerprint density at radius 2 is 2.64 bits per heavy atom. The Kier molecular flexibility index (Phi) is 2.16. The van der Waals surface area contributed by atoms with E-state index < -0.39 is 0 Å². The second-order valence-electron chi connectivity index (χ2n) is 2.57. The topological polar surface area (TPSA) is 34.1 Å². The summed E-state index contributed by atoms with van der Waals surface area (Å²) in [6.07, 6.45) is 2.24. The molecule has 1 N–H and O–H groups in total. The van der Waals surface area contributed by atoms with Crippen LogP contribution in [0.3, 0.4) is 0 Å². The molecule has 0 radical (unpaired) electrons. The molecular formula is C7H10N2OS. The molecule has 0 unspecified atom stereocenters. The average Bonchev–Trinajstić information content (AvgIpc) is 2.36. The first-order valence-corrected chi connectivity index (χ1v) is 4.44. The van der Waals surface area contributed by atoms with Crippen LogP contribution in [0.25, 0.3) is 0 Å². The summed E-state index contributed by atoms with van der Waals surface area (Å²) in [5.41, 5.74) is 0. The van der Waals surface area contributed by atoms with Crippen LogP contribution in [0.15, 0.2) is 12.3 Å². The molecule has 0 aromatic carbocycles. The minimum Gasteiger partial charge on any atom is -0.370 e. The van der Waals surface area contributed by atoms with Gasteiger partial charge < -0.3 is 10.1 Å². The normalized spacial score (nSPS) is 18.2. The molecule has 1 fully saturated rings. The fraction of sp³-hybridized carbons (Fsp3) is 0.571. The first kappa shape index (κ1) is 7.21. The summed E-state index contributed by atoms with van der Waals surface area (Å²) in [5, 5.41) is 3.15. The second kappa shape index (κ2) is 3.30. The Hall–Kier alpha value is -0.450. The summed E-state index contributed by atoms with van der Waals surface area (Å²) in [5.74, 6) is 0. The molecule has 0 spiro atoms. The van der Waals surface area contributed by atoms with Crippen molar-refractivity contribution in [2.75, 3.05) is 13.1 Å². The van der Waals surface area contributed by atoms with E-state index in [4.69, 9.17) is 4.74 Å². The lowest BCUT2D eigenvalue weighted by molar-refractivity contribution is 0.00888. The minimum atomic E-state index is 0.428. The Bertz CT molecular complexity index is 208. The minimum absolute atomic E-state index is 0.428. The van der Waals surface area contributed by atoms with Gasteiger partial charge in [-0.1, -0.05) is 0 Å². The lowest BCUT2D eigenvalue weighted by atomic mass is 10.2. The molecule has 11 heavy (non-hydrogen) atoms. The number of hydrogen-bond acceptors (Lipinski definition) is 4. The molecule has 2 rings (SSSR count). The fourth-order valence-corrected chi connectivity index (χ4v) is 1.40. The van der Waals surface area contributed by atoms with Gasteiger partial charge in [0, 0.05) is 19.3 Å². The highest BCUT2D eigenvalue weighted by atomic mass is 32.1. The van der Waals surface area contributed by atoms with Crippen molar-refractivity contribution in [3.05, 3.63) is 17.1 Å². The molecule has 0 atom stereocenters. The van der Waals surface area contributed by atoms with E-state index in [1.807, 2.05) is 12.3 Å². The summed E-state index contributed by atoms with van der Waals surface area (Å²) in [6.45, 7) is 2.72. The lowest BCUT2D eigenvalue weighted by Crippen LogP contribution is -2.48. The highest BCUT2D eigenvalue weighted by Crippen LogP contribution is 2.09. The van der Waals surface area contributed by atoms with Crippen LogP contribution in [0.1, 0.15) is 4.88 Å². The summed E-state index contributed by atoms with van der Waals surface area (Å²) in [6, 6.07) is 2.00. The fourth-order valence-electron chi connectivity index (χ4n) is 0.897. The average molecular weight is 170 g/mol. The highest BCUT2D eigenvalue weighted by molar-refractivity contribution is 7.05. The first-order chi connectivity index (χ1) is 5.45. The summed E-state index contributed by atoms with van der Waals surface area (Å²) in [4.78, 5) is 1.21. The molecular weight excluding hydrogens is 160 g/mol. The van der Waals surface area contributed by atoms with E-state index in [1.54, 1.807) is 0 Å². The van der Waals surface area contributed by atoms with Crippen LogP contribution >= 0.6 is 11.5 Å². The molecule has 4 heteroatoms. The van der Waals surface area contributed by atoms with E-state index in [-0.39, 0.29) is 0 Å². The van der Waals surface area contributed by atoms with Crippen molar-refractivity contribution < 1.29 is 4.74 Å². The predicted octanol–water partition coefficient (Wildman–Crippen LogP) is 0.631. The van der Waals surface area contributed by atoms with Gasteiger partial charge in [0.25, 0.3) is 0 Å². The van der Waals surface area contributed by atoms with Crippen molar-refractivity contribution in [3.8, 4) is 0 Å². The highest BCUT2D eigenvalue weighted by Gasteiger charge is 2.16. The molecule has 1 aliphatic rings. The van der Waals surface area contributed by atoms with Gasteiger partial charge in [0.2, 0.25) is 0 Å². The van der Waals surface area contributed by atoms with E-state index in [9.17, 15) is 0 Å². The predicted molar refractivity (Wildman–Crippen MR) is 43.6 cm³/mol. The van der Waals surface area contributed by atoms with Gasteiger partial charge in [-0.15, -0.1) is 0 Å². The lowest BCUT2D eigenvalue weighted by Gasteiger charge is -2.26. The zero-order chi connectivity index (χ0) is 7.52. The van der Waals surface area contributed by atoms with Gasteiger partial charge in [0.05, 0.1) is 17.6 Å². The van der Waals surface area contributed by atoms with E-state index in [1.165, 1.54) is 16.4 Å². The number of nitrogens with zero attached hydrogens (tertiary/aromatic N) is 1. The Morgan fingerprint density at radius 1 is 1.73 bits per heavy atom. The third-order valence-corrected chi connectivity index (χ3v) is 2.41. The van der Waals surface area contributed by atoms with Gasteiger partial charge in [-0.05, 0) is 17.6 Å². The zero-order valence-corrected chi connectivity index (χ0v) is 6.93. The standard InChI is InChI=1S/C7H10N2OS/c1-2-9-11-7(1)5-10-6-3-8-4-6/h1-2,6,8H,3-5H2. The number of hydrogen-bond donors (Lipinski definition) is 1. The molecule has 0 bridgehead atoms. The van der Waals surface area contributed by atoms with Gasteiger partial charge in [0.15, 0.2) is 0 Å². The summed E-state index contributed by atoms with van der Waals surface area (Å²) >= 11 is 1.50. The van der Waals surface area contributed by atoms with Crippen molar-refractivity contribution in [2.24, 2.45) is 0 Å². The van der Waals surface area contributed by atoms with Crippen LogP contribution in [0.2, 0.25) is 0 Å². The molecule has 1 aliphatic heterocycles. The van der Waals surface area contributed by atoms with Crippen LogP contribution in [0.5, 0.6) is 0 Å². The SMILES string of the molecule is c1cc(COC2CNC2)sn1. The maximum absolute atomic E-state index is 5.53. The summed E-state index contributed by atoms with van der Waals surface area (Å²) in [7, 11) is 0. The van der Waals surface area contributed by atoms with Gasteiger partial charge in [-0.2, -0.15) is 0 Å². The largest absolute Gasteiger partial charge is 0.370 e. The zero-order valence-electron chi connectivity index (χ0n) is 6.12.